The first-order chi connectivity index (χ1) is 11.0. The van der Waals surface area contributed by atoms with Crippen LogP contribution < -0.4 is 4.74 Å². The number of benzene rings is 2. The van der Waals surface area contributed by atoms with Crippen LogP contribution in [0.5, 0.6) is 5.75 Å². The lowest BCUT2D eigenvalue weighted by molar-refractivity contribution is 0.0717. The Balaban J connectivity index is 1.82. The number of carbonyl (C=O) groups excluding carboxylic acids is 1. The fourth-order valence-electron chi connectivity index (χ4n) is 2.08. The van der Waals surface area contributed by atoms with Gasteiger partial charge < -0.3 is 9.26 Å². The fraction of sp³-hybridized carbons (Fsp3) is 0.111. The third-order valence-electron chi connectivity index (χ3n) is 3.55. The van der Waals surface area contributed by atoms with E-state index in [1.807, 2.05) is 32.0 Å². The Morgan fingerprint density at radius 1 is 1.09 bits per heavy atom. The lowest BCUT2D eigenvalue weighted by atomic mass is 10.0. The molecule has 3 aromatic rings. The van der Waals surface area contributed by atoms with Gasteiger partial charge in [-0.3, -0.25) is 0 Å². The Morgan fingerprint density at radius 3 is 2.61 bits per heavy atom. The molecule has 0 atom stereocenters. The van der Waals surface area contributed by atoms with Gasteiger partial charge in [0.15, 0.2) is 23.0 Å². The highest BCUT2D eigenvalue weighted by Gasteiger charge is 2.17. The molecule has 0 aliphatic heterocycles. The molecule has 0 radical (unpaired) electrons. The molecule has 0 unspecified atom stereocenters. The Morgan fingerprint density at radius 2 is 1.87 bits per heavy atom. The molecule has 0 bridgehead atoms. The fourth-order valence-corrected chi connectivity index (χ4v) is 2.08. The average Bonchev–Trinajstić information content (AvgIpc) is 3.02. The summed E-state index contributed by atoms with van der Waals surface area (Å²) >= 11 is 0. The van der Waals surface area contributed by atoms with Gasteiger partial charge in [-0.25, -0.2) is 9.18 Å². The van der Waals surface area contributed by atoms with E-state index in [4.69, 9.17) is 9.26 Å². The maximum Gasteiger partial charge on any atom is 0.366 e. The molecular weight excluding hydrogens is 297 g/mol. The monoisotopic (exact) mass is 311 g/mol. The largest absolute Gasteiger partial charge is 0.419 e. The molecule has 3 rings (SSSR count). The van der Waals surface area contributed by atoms with E-state index in [0.717, 1.165) is 16.7 Å². The molecule has 4 nitrogen and oxygen atoms in total. The number of aromatic nitrogens is 1. The van der Waals surface area contributed by atoms with Crippen LogP contribution in [0, 0.1) is 19.7 Å². The standard InChI is InChI=1S/C18H14FNO3/c1-11-7-8-13(9-12(11)2)17-10-15(20-23-17)18(21)22-16-6-4-3-5-14(16)19/h3-10H,1-2H3. The minimum atomic E-state index is -0.770. The Bertz CT molecular complexity index is 870. The molecule has 0 fully saturated rings. The van der Waals surface area contributed by atoms with Gasteiger partial charge in [0.25, 0.3) is 0 Å². The van der Waals surface area contributed by atoms with Crippen molar-refractivity contribution in [1.82, 2.24) is 5.16 Å². The second kappa shape index (κ2) is 6.04. The number of hydrogen-bond donors (Lipinski definition) is 0. The zero-order valence-electron chi connectivity index (χ0n) is 12.7. The van der Waals surface area contributed by atoms with Crippen LogP contribution in [0.1, 0.15) is 21.6 Å². The molecule has 0 saturated heterocycles. The van der Waals surface area contributed by atoms with E-state index in [-0.39, 0.29) is 11.4 Å². The summed E-state index contributed by atoms with van der Waals surface area (Å²) in [5, 5.41) is 3.70. The molecule has 1 aromatic heterocycles. The Labute approximate surface area is 132 Å². The number of ether oxygens (including phenoxy) is 1. The SMILES string of the molecule is Cc1ccc(-c2cc(C(=O)Oc3ccccc3F)no2)cc1C. The van der Waals surface area contributed by atoms with Crippen LogP contribution in [0.4, 0.5) is 4.39 Å². The third-order valence-corrected chi connectivity index (χ3v) is 3.55. The van der Waals surface area contributed by atoms with E-state index in [2.05, 4.69) is 5.16 Å². The van der Waals surface area contributed by atoms with Crippen LogP contribution >= 0.6 is 0 Å². The number of halogens is 1. The normalized spacial score (nSPS) is 10.6. The molecule has 0 amide bonds. The molecule has 2 aromatic carbocycles. The smallest absolute Gasteiger partial charge is 0.366 e. The number of rotatable bonds is 3. The topological polar surface area (TPSA) is 52.3 Å². The van der Waals surface area contributed by atoms with E-state index < -0.39 is 11.8 Å². The summed E-state index contributed by atoms with van der Waals surface area (Å²) in [4.78, 5) is 12.0. The molecule has 23 heavy (non-hydrogen) atoms. The lowest BCUT2D eigenvalue weighted by Gasteiger charge is -2.02. The Kier molecular flexibility index (Phi) is 3.93. The van der Waals surface area contributed by atoms with Crippen molar-refractivity contribution in [2.45, 2.75) is 13.8 Å². The highest BCUT2D eigenvalue weighted by molar-refractivity contribution is 5.90. The number of para-hydroxylation sites is 1. The van der Waals surface area contributed by atoms with Crippen molar-refractivity contribution in [2.24, 2.45) is 0 Å². The predicted octanol–water partition coefficient (Wildman–Crippen LogP) is 4.32. The zero-order valence-corrected chi connectivity index (χ0v) is 12.7. The summed E-state index contributed by atoms with van der Waals surface area (Å²) in [5.41, 5.74) is 3.06. The van der Waals surface area contributed by atoms with E-state index in [1.54, 1.807) is 6.07 Å². The number of esters is 1. The first-order valence-corrected chi connectivity index (χ1v) is 7.05. The summed E-state index contributed by atoms with van der Waals surface area (Å²) in [5.74, 6) is -1.07. The maximum atomic E-state index is 13.5. The van der Waals surface area contributed by atoms with Gasteiger partial charge in [-0.15, -0.1) is 0 Å². The summed E-state index contributed by atoms with van der Waals surface area (Å²) in [6.45, 7) is 4.00. The van der Waals surface area contributed by atoms with Crippen LogP contribution in [0.15, 0.2) is 53.1 Å². The summed E-state index contributed by atoms with van der Waals surface area (Å²) in [7, 11) is 0. The first kappa shape index (κ1) is 15.0. The number of carbonyl (C=O) groups is 1. The number of nitrogens with zero attached hydrogens (tertiary/aromatic N) is 1. The van der Waals surface area contributed by atoms with Gasteiger partial charge in [-0.05, 0) is 43.2 Å². The predicted molar refractivity (Wildman–Crippen MR) is 82.8 cm³/mol. The van der Waals surface area contributed by atoms with Crippen LogP contribution in [0.25, 0.3) is 11.3 Å². The second-order valence-electron chi connectivity index (χ2n) is 5.20. The van der Waals surface area contributed by atoms with Crippen molar-refractivity contribution in [3.05, 3.63) is 71.2 Å². The van der Waals surface area contributed by atoms with Gasteiger partial charge >= 0.3 is 5.97 Å². The molecule has 116 valence electrons. The second-order valence-corrected chi connectivity index (χ2v) is 5.20. The van der Waals surface area contributed by atoms with Gasteiger partial charge in [-0.1, -0.05) is 29.4 Å². The van der Waals surface area contributed by atoms with E-state index >= 15 is 0 Å². The summed E-state index contributed by atoms with van der Waals surface area (Å²) in [6.07, 6.45) is 0. The molecule has 1 heterocycles. The van der Waals surface area contributed by atoms with Crippen LogP contribution in [0.2, 0.25) is 0 Å². The highest BCUT2D eigenvalue weighted by atomic mass is 19.1. The van der Waals surface area contributed by atoms with Gasteiger partial charge in [-0.2, -0.15) is 0 Å². The van der Waals surface area contributed by atoms with Crippen molar-refractivity contribution < 1.29 is 18.4 Å². The Hall–Kier alpha value is -2.95. The van der Waals surface area contributed by atoms with E-state index in [0.29, 0.717) is 5.76 Å². The molecule has 0 spiro atoms. The molecule has 0 aliphatic rings. The summed E-state index contributed by atoms with van der Waals surface area (Å²) in [6, 6.07) is 13.0. The highest BCUT2D eigenvalue weighted by Crippen LogP contribution is 2.24. The zero-order chi connectivity index (χ0) is 16.4. The number of aryl methyl sites for hydroxylation is 2. The van der Waals surface area contributed by atoms with Crippen molar-refractivity contribution in [3.63, 3.8) is 0 Å². The van der Waals surface area contributed by atoms with Crippen LogP contribution in [-0.2, 0) is 0 Å². The minimum Gasteiger partial charge on any atom is -0.419 e. The van der Waals surface area contributed by atoms with Crippen molar-refractivity contribution in [1.29, 1.82) is 0 Å². The minimum absolute atomic E-state index is 0.0125. The van der Waals surface area contributed by atoms with Gasteiger partial charge in [0.05, 0.1) is 0 Å². The molecule has 0 saturated carbocycles. The van der Waals surface area contributed by atoms with Crippen LogP contribution in [0.3, 0.4) is 0 Å². The van der Waals surface area contributed by atoms with Gasteiger partial charge in [0.2, 0.25) is 0 Å². The first-order valence-electron chi connectivity index (χ1n) is 7.05. The van der Waals surface area contributed by atoms with Gasteiger partial charge in [0, 0.05) is 11.6 Å². The van der Waals surface area contributed by atoms with Gasteiger partial charge in [0.1, 0.15) is 0 Å². The third kappa shape index (κ3) is 3.13. The quantitative estimate of drug-likeness (QED) is 0.534. The molecule has 5 heteroatoms. The molecule has 0 aliphatic carbocycles. The van der Waals surface area contributed by atoms with Crippen LogP contribution in [-0.4, -0.2) is 11.1 Å². The number of hydrogen-bond acceptors (Lipinski definition) is 4. The van der Waals surface area contributed by atoms with E-state index in [1.165, 1.54) is 24.3 Å². The van der Waals surface area contributed by atoms with Crippen molar-refractivity contribution in [2.75, 3.05) is 0 Å². The lowest BCUT2D eigenvalue weighted by Crippen LogP contribution is -2.09. The summed E-state index contributed by atoms with van der Waals surface area (Å²) < 4.78 is 23.7. The maximum absolute atomic E-state index is 13.5. The van der Waals surface area contributed by atoms with Crippen molar-refractivity contribution >= 4 is 5.97 Å². The molecule has 0 N–H and O–H groups in total. The van der Waals surface area contributed by atoms with Crippen molar-refractivity contribution in [3.8, 4) is 17.1 Å². The van der Waals surface area contributed by atoms with E-state index in [9.17, 15) is 9.18 Å². The molecular formula is C18H14FNO3. The average molecular weight is 311 g/mol.